The molecule has 0 spiro atoms. The number of nitrogens with zero attached hydrogens (tertiary/aromatic N) is 4. The van der Waals surface area contributed by atoms with Crippen molar-refractivity contribution in [2.45, 2.75) is 53.0 Å². The van der Waals surface area contributed by atoms with Crippen molar-refractivity contribution in [3.63, 3.8) is 0 Å². The van der Waals surface area contributed by atoms with E-state index in [1.54, 1.807) is 6.92 Å². The fraction of sp³-hybridized carbons (Fsp3) is 0.765. The van der Waals surface area contributed by atoms with E-state index >= 15 is 0 Å². The van der Waals surface area contributed by atoms with Crippen molar-refractivity contribution in [1.29, 1.82) is 0 Å². The predicted octanol–water partition coefficient (Wildman–Crippen LogP) is 1.84. The lowest BCUT2D eigenvalue weighted by Crippen LogP contribution is -2.39. The lowest BCUT2D eigenvalue weighted by molar-refractivity contribution is -0.146. The van der Waals surface area contributed by atoms with Crippen LogP contribution in [0.3, 0.4) is 0 Å². The Labute approximate surface area is 143 Å². The topological polar surface area (TPSA) is 77.3 Å². The van der Waals surface area contributed by atoms with Crippen LogP contribution in [-0.2, 0) is 20.9 Å². The number of esters is 1. The molecule has 7 nitrogen and oxygen atoms in total. The van der Waals surface area contributed by atoms with Gasteiger partial charge >= 0.3 is 5.97 Å². The van der Waals surface area contributed by atoms with E-state index < -0.39 is 5.92 Å². The number of hydrogen-bond donors (Lipinski definition) is 0. The van der Waals surface area contributed by atoms with Gasteiger partial charge in [0.05, 0.1) is 6.61 Å². The van der Waals surface area contributed by atoms with E-state index in [-0.39, 0.29) is 24.3 Å². The highest BCUT2D eigenvalue weighted by Crippen LogP contribution is 2.23. The molecule has 0 N–H and O–H groups in total. The Kier molecular flexibility index (Phi) is 6.34. The average Bonchev–Trinajstić information content (AvgIpc) is 2.95. The second-order valence-electron chi connectivity index (χ2n) is 6.84. The molecule has 1 fully saturated rings. The molecular weight excluding hydrogens is 308 g/mol. The maximum absolute atomic E-state index is 12.4. The minimum atomic E-state index is -0.503. The van der Waals surface area contributed by atoms with Gasteiger partial charge in [0, 0.05) is 13.1 Å². The van der Waals surface area contributed by atoms with Crippen LogP contribution in [0.2, 0.25) is 0 Å². The van der Waals surface area contributed by atoms with Gasteiger partial charge in [-0.15, -0.1) is 0 Å². The molecule has 0 saturated carbocycles. The molecular formula is C17H28N4O3. The number of hydrogen-bond acceptors (Lipinski definition) is 5. The first-order valence-electron chi connectivity index (χ1n) is 8.76. The third-order valence-electron chi connectivity index (χ3n) is 4.47. The van der Waals surface area contributed by atoms with Crippen molar-refractivity contribution >= 4 is 11.9 Å². The summed E-state index contributed by atoms with van der Waals surface area (Å²) in [7, 11) is 0. The van der Waals surface area contributed by atoms with E-state index in [2.05, 4.69) is 17.0 Å². The van der Waals surface area contributed by atoms with Crippen molar-refractivity contribution in [3.8, 4) is 0 Å². The lowest BCUT2D eigenvalue weighted by Gasteiger charge is -2.30. The van der Waals surface area contributed by atoms with Crippen molar-refractivity contribution in [2.75, 3.05) is 19.7 Å². The van der Waals surface area contributed by atoms with Crippen LogP contribution in [0.5, 0.6) is 0 Å². The molecule has 1 atom stereocenters. The molecule has 24 heavy (non-hydrogen) atoms. The quantitative estimate of drug-likeness (QED) is 0.741. The number of carbonyl (C=O) groups excluding carboxylic acids is 2. The van der Waals surface area contributed by atoms with Gasteiger partial charge in [0.25, 0.3) is 0 Å². The molecule has 0 radical (unpaired) electrons. The maximum Gasteiger partial charge on any atom is 0.317 e. The zero-order valence-corrected chi connectivity index (χ0v) is 15.1. The first-order chi connectivity index (χ1) is 11.4. The Hall–Kier alpha value is -1.92. The lowest BCUT2D eigenvalue weighted by atomic mass is 9.95. The zero-order valence-electron chi connectivity index (χ0n) is 15.1. The molecule has 134 valence electrons. The van der Waals surface area contributed by atoms with Crippen molar-refractivity contribution in [2.24, 2.45) is 11.8 Å². The van der Waals surface area contributed by atoms with Crippen LogP contribution in [0, 0.1) is 11.8 Å². The first-order valence-corrected chi connectivity index (χ1v) is 8.76. The molecule has 2 rings (SSSR count). The van der Waals surface area contributed by atoms with Gasteiger partial charge in [-0.25, -0.2) is 9.67 Å². The van der Waals surface area contributed by atoms with E-state index in [1.807, 2.05) is 18.7 Å². The summed E-state index contributed by atoms with van der Waals surface area (Å²) in [6.45, 7) is 9.96. The first kappa shape index (κ1) is 18.4. The molecule has 7 heteroatoms. The van der Waals surface area contributed by atoms with Gasteiger partial charge in [-0.05, 0) is 31.6 Å². The highest BCUT2D eigenvalue weighted by atomic mass is 16.5. The summed E-state index contributed by atoms with van der Waals surface area (Å²) in [5.74, 6) is 0.361. The van der Waals surface area contributed by atoms with E-state index in [1.165, 1.54) is 11.0 Å². The second kappa shape index (κ2) is 8.26. The molecule has 1 aliphatic rings. The monoisotopic (exact) mass is 336 g/mol. The molecule has 0 aromatic carbocycles. The summed E-state index contributed by atoms with van der Waals surface area (Å²) >= 11 is 0. The van der Waals surface area contributed by atoms with Gasteiger partial charge in [0.1, 0.15) is 18.8 Å². The van der Waals surface area contributed by atoms with Gasteiger partial charge in [0.15, 0.2) is 5.82 Å². The summed E-state index contributed by atoms with van der Waals surface area (Å²) < 4.78 is 6.63. The number of amides is 1. The highest BCUT2D eigenvalue weighted by molar-refractivity contribution is 5.77. The Morgan fingerprint density at radius 1 is 1.33 bits per heavy atom. The number of likely N-dealkylation sites (tertiary alicyclic amines) is 1. The van der Waals surface area contributed by atoms with E-state index in [9.17, 15) is 9.59 Å². The average molecular weight is 336 g/mol. The smallest absolute Gasteiger partial charge is 0.317 e. The molecule has 1 saturated heterocycles. The molecule has 1 aliphatic heterocycles. The number of ether oxygens (including phenoxy) is 1. The number of rotatable bonds is 6. The highest BCUT2D eigenvalue weighted by Gasteiger charge is 2.29. The normalized spacial score (nSPS) is 17.1. The predicted molar refractivity (Wildman–Crippen MR) is 89.2 cm³/mol. The van der Waals surface area contributed by atoms with Crippen LogP contribution in [0.1, 0.15) is 52.3 Å². The van der Waals surface area contributed by atoms with E-state index in [0.717, 1.165) is 25.9 Å². The van der Waals surface area contributed by atoms with E-state index in [0.29, 0.717) is 18.3 Å². The number of piperidine rings is 1. The van der Waals surface area contributed by atoms with E-state index in [4.69, 9.17) is 4.74 Å². The van der Waals surface area contributed by atoms with Crippen LogP contribution < -0.4 is 0 Å². The Morgan fingerprint density at radius 2 is 2.00 bits per heavy atom. The standard InChI is InChI=1S/C17H28N4O3/c1-5-24-17(23)15(12(2)3)16-18-11-21(19-16)10-14(22)20-8-6-13(4)7-9-20/h11-13,15H,5-10H2,1-4H3. The summed E-state index contributed by atoms with van der Waals surface area (Å²) in [6, 6.07) is 0. The third-order valence-corrected chi connectivity index (χ3v) is 4.47. The molecule has 1 unspecified atom stereocenters. The van der Waals surface area contributed by atoms with Crippen LogP contribution in [0.4, 0.5) is 0 Å². The molecule has 2 heterocycles. The number of aromatic nitrogens is 3. The van der Waals surface area contributed by atoms with Gasteiger partial charge in [-0.2, -0.15) is 5.10 Å². The summed E-state index contributed by atoms with van der Waals surface area (Å²) in [5, 5.41) is 4.34. The molecule has 0 bridgehead atoms. The summed E-state index contributed by atoms with van der Waals surface area (Å²) in [4.78, 5) is 30.6. The fourth-order valence-corrected chi connectivity index (χ4v) is 2.93. The van der Waals surface area contributed by atoms with Gasteiger partial charge in [-0.3, -0.25) is 9.59 Å². The molecule has 1 aromatic rings. The third kappa shape index (κ3) is 4.55. The van der Waals surface area contributed by atoms with Crippen LogP contribution in [0.25, 0.3) is 0 Å². The molecule has 0 aliphatic carbocycles. The van der Waals surface area contributed by atoms with Crippen molar-refractivity contribution in [1.82, 2.24) is 19.7 Å². The summed E-state index contributed by atoms with van der Waals surface area (Å²) in [5.41, 5.74) is 0. The Balaban J connectivity index is 2.01. The summed E-state index contributed by atoms with van der Waals surface area (Å²) in [6.07, 6.45) is 3.62. The minimum Gasteiger partial charge on any atom is -0.465 e. The minimum absolute atomic E-state index is 0.0270. The van der Waals surface area contributed by atoms with Gasteiger partial charge in [-0.1, -0.05) is 20.8 Å². The molecule has 1 aromatic heterocycles. The van der Waals surface area contributed by atoms with Gasteiger partial charge in [0.2, 0.25) is 5.91 Å². The maximum atomic E-state index is 12.4. The van der Waals surface area contributed by atoms with Crippen molar-refractivity contribution < 1.29 is 14.3 Å². The molecule has 1 amide bonds. The van der Waals surface area contributed by atoms with Gasteiger partial charge < -0.3 is 9.64 Å². The largest absolute Gasteiger partial charge is 0.465 e. The van der Waals surface area contributed by atoms with Crippen LogP contribution in [0.15, 0.2) is 6.33 Å². The number of carbonyl (C=O) groups is 2. The fourth-order valence-electron chi connectivity index (χ4n) is 2.93. The van der Waals surface area contributed by atoms with Crippen molar-refractivity contribution in [3.05, 3.63) is 12.2 Å². The zero-order chi connectivity index (χ0) is 17.7. The SMILES string of the molecule is CCOC(=O)C(c1ncn(CC(=O)N2CCC(C)CC2)n1)C(C)C. The second-order valence-corrected chi connectivity index (χ2v) is 6.84. The Morgan fingerprint density at radius 3 is 2.58 bits per heavy atom. The van der Waals surface area contributed by atoms with Crippen LogP contribution in [-0.4, -0.2) is 51.2 Å². The van der Waals surface area contributed by atoms with Crippen LogP contribution >= 0.6 is 0 Å². The Bertz CT molecular complexity index is 562.